The van der Waals surface area contributed by atoms with Gasteiger partial charge >= 0.3 is 6.01 Å². The normalized spacial score (nSPS) is 10.5. The molecule has 0 spiro atoms. The van der Waals surface area contributed by atoms with Crippen molar-refractivity contribution in [3.63, 3.8) is 0 Å². The number of hydrogen-bond donors (Lipinski definition) is 2. The van der Waals surface area contributed by atoms with E-state index < -0.39 is 5.91 Å². The number of nitrogens with zero attached hydrogens (tertiary/aromatic N) is 3. The zero-order valence-electron chi connectivity index (χ0n) is 13.6. The minimum absolute atomic E-state index is 0.0283. The van der Waals surface area contributed by atoms with Gasteiger partial charge in [-0.25, -0.2) is 4.98 Å². The van der Waals surface area contributed by atoms with Crippen molar-refractivity contribution in [1.29, 1.82) is 0 Å². The molecule has 1 aromatic carbocycles. The first-order valence-corrected chi connectivity index (χ1v) is 8.25. The number of nitrogens with one attached hydrogen (secondary N) is 2. The minimum Gasteiger partial charge on any atom is -0.402 e. The second kappa shape index (κ2) is 7.22. The van der Waals surface area contributed by atoms with Crippen LogP contribution in [0.1, 0.15) is 21.1 Å². The van der Waals surface area contributed by atoms with Crippen LogP contribution >= 0.6 is 11.3 Å². The van der Waals surface area contributed by atoms with Gasteiger partial charge in [0.1, 0.15) is 4.88 Å². The SMILES string of the molecule is Cc1nc(C)c(-c2nnc(NC(=O)CNC(=O)c3ccccc3)o2)s1. The van der Waals surface area contributed by atoms with E-state index in [4.69, 9.17) is 4.42 Å². The van der Waals surface area contributed by atoms with Crippen LogP contribution in [0.3, 0.4) is 0 Å². The highest BCUT2D eigenvalue weighted by Gasteiger charge is 2.16. The third-order valence-electron chi connectivity index (χ3n) is 3.21. The van der Waals surface area contributed by atoms with Gasteiger partial charge in [-0.1, -0.05) is 23.3 Å². The highest BCUT2D eigenvalue weighted by atomic mass is 32.1. The molecule has 0 saturated heterocycles. The van der Waals surface area contributed by atoms with E-state index >= 15 is 0 Å². The molecule has 0 aliphatic rings. The lowest BCUT2D eigenvalue weighted by Gasteiger charge is -2.04. The fourth-order valence-corrected chi connectivity index (χ4v) is 2.95. The summed E-state index contributed by atoms with van der Waals surface area (Å²) in [7, 11) is 0. The molecule has 0 radical (unpaired) electrons. The third kappa shape index (κ3) is 4.07. The van der Waals surface area contributed by atoms with Crippen molar-refractivity contribution in [2.45, 2.75) is 13.8 Å². The summed E-state index contributed by atoms with van der Waals surface area (Å²) in [4.78, 5) is 28.8. The molecule has 2 N–H and O–H groups in total. The summed E-state index contributed by atoms with van der Waals surface area (Å²) < 4.78 is 5.43. The van der Waals surface area contributed by atoms with Crippen LogP contribution < -0.4 is 10.6 Å². The first-order chi connectivity index (χ1) is 12.0. The zero-order valence-corrected chi connectivity index (χ0v) is 14.4. The Morgan fingerprint density at radius 3 is 2.60 bits per heavy atom. The molecule has 0 fully saturated rings. The molecule has 0 aliphatic carbocycles. The highest BCUT2D eigenvalue weighted by molar-refractivity contribution is 7.15. The van der Waals surface area contributed by atoms with E-state index in [1.807, 2.05) is 19.9 Å². The summed E-state index contributed by atoms with van der Waals surface area (Å²) in [5.41, 5.74) is 1.27. The standard InChI is InChI=1S/C16H15N5O3S/c1-9-13(25-10(2)18-9)15-20-21-16(24-15)19-12(22)8-17-14(23)11-6-4-3-5-7-11/h3-7H,8H2,1-2H3,(H,17,23)(H,19,21,22). The van der Waals surface area contributed by atoms with E-state index in [2.05, 4.69) is 25.8 Å². The molecule has 9 heteroatoms. The average Bonchev–Trinajstić information content (AvgIpc) is 3.19. The van der Waals surface area contributed by atoms with E-state index in [1.54, 1.807) is 24.3 Å². The largest absolute Gasteiger partial charge is 0.402 e. The van der Waals surface area contributed by atoms with E-state index in [1.165, 1.54) is 11.3 Å². The van der Waals surface area contributed by atoms with Crippen molar-refractivity contribution in [2.75, 3.05) is 11.9 Å². The van der Waals surface area contributed by atoms with Gasteiger partial charge < -0.3 is 9.73 Å². The van der Waals surface area contributed by atoms with Crippen LogP contribution in [0.5, 0.6) is 0 Å². The minimum atomic E-state index is -0.461. The molecule has 128 valence electrons. The molecule has 3 rings (SSSR count). The number of carbonyl (C=O) groups is 2. The predicted molar refractivity (Wildman–Crippen MR) is 92.3 cm³/mol. The van der Waals surface area contributed by atoms with Gasteiger partial charge in [-0.2, -0.15) is 0 Å². The number of benzene rings is 1. The number of hydrogen-bond acceptors (Lipinski definition) is 7. The lowest BCUT2D eigenvalue weighted by molar-refractivity contribution is -0.115. The van der Waals surface area contributed by atoms with Gasteiger partial charge in [0, 0.05) is 5.56 Å². The van der Waals surface area contributed by atoms with Crippen LogP contribution in [0.4, 0.5) is 6.01 Å². The molecule has 3 aromatic rings. The first-order valence-electron chi connectivity index (χ1n) is 7.44. The van der Waals surface area contributed by atoms with Gasteiger partial charge in [-0.15, -0.1) is 16.4 Å². The quantitative estimate of drug-likeness (QED) is 0.724. The summed E-state index contributed by atoms with van der Waals surface area (Å²) in [6.45, 7) is 3.53. The molecule has 25 heavy (non-hydrogen) atoms. The maximum absolute atomic E-state index is 11.9. The number of rotatable bonds is 5. The van der Waals surface area contributed by atoms with E-state index in [0.29, 0.717) is 11.5 Å². The molecule has 8 nitrogen and oxygen atoms in total. The van der Waals surface area contributed by atoms with Gasteiger partial charge in [0.15, 0.2) is 0 Å². The molecule has 0 saturated carbocycles. The van der Waals surface area contributed by atoms with Crippen LogP contribution in [-0.4, -0.2) is 33.5 Å². The van der Waals surface area contributed by atoms with Gasteiger partial charge in [0.05, 0.1) is 17.2 Å². The van der Waals surface area contributed by atoms with E-state index in [9.17, 15) is 9.59 Å². The summed E-state index contributed by atoms with van der Waals surface area (Å²) in [5.74, 6) is -0.499. The van der Waals surface area contributed by atoms with Crippen LogP contribution in [0.15, 0.2) is 34.7 Å². The topological polar surface area (TPSA) is 110 Å². The second-order valence-corrected chi connectivity index (χ2v) is 6.36. The Morgan fingerprint density at radius 2 is 1.92 bits per heavy atom. The number of anilines is 1. The lowest BCUT2D eigenvalue weighted by Crippen LogP contribution is -2.32. The van der Waals surface area contributed by atoms with Crippen molar-refractivity contribution >= 4 is 29.2 Å². The van der Waals surface area contributed by atoms with Crippen molar-refractivity contribution in [3.05, 3.63) is 46.6 Å². The summed E-state index contributed by atoms with van der Waals surface area (Å²) in [5, 5.41) is 13.6. The number of aryl methyl sites for hydroxylation is 2. The van der Waals surface area contributed by atoms with Crippen LogP contribution in [0.2, 0.25) is 0 Å². The Kier molecular flexibility index (Phi) is 4.85. The molecule has 2 heterocycles. The Morgan fingerprint density at radius 1 is 1.16 bits per heavy atom. The number of thiazole rings is 1. The van der Waals surface area contributed by atoms with Crippen LogP contribution in [0, 0.1) is 13.8 Å². The Hall–Kier alpha value is -3.07. The molecule has 0 unspecified atom stereocenters. The lowest BCUT2D eigenvalue weighted by atomic mass is 10.2. The molecule has 0 aliphatic heterocycles. The maximum Gasteiger partial charge on any atom is 0.322 e. The maximum atomic E-state index is 11.9. The van der Waals surface area contributed by atoms with Gasteiger partial charge in [0.2, 0.25) is 5.91 Å². The molecule has 2 aromatic heterocycles. The van der Waals surface area contributed by atoms with Crippen molar-refractivity contribution in [1.82, 2.24) is 20.5 Å². The van der Waals surface area contributed by atoms with Gasteiger partial charge in [-0.3, -0.25) is 14.9 Å². The molecular weight excluding hydrogens is 342 g/mol. The predicted octanol–water partition coefficient (Wildman–Crippen LogP) is 2.18. The Bertz CT molecular complexity index is 904. The average molecular weight is 357 g/mol. The fourth-order valence-electron chi connectivity index (χ4n) is 2.11. The van der Waals surface area contributed by atoms with Gasteiger partial charge in [-0.05, 0) is 26.0 Å². The van der Waals surface area contributed by atoms with Crippen molar-refractivity contribution in [3.8, 4) is 10.8 Å². The number of carbonyl (C=O) groups excluding carboxylic acids is 2. The number of amides is 2. The summed E-state index contributed by atoms with van der Waals surface area (Å²) >= 11 is 1.43. The first kappa shape index (κ1) is 16.8. The van der Waals surface area contributed by atoms with Crippen LogP contribution in [-0.2, 0) is 4.79 Å². The smallest absolute Gasteiger partial charge is 0.322 e. The fraction of sp³-hybridized carbons (Fsp3) is 0.188. The van der Waals surface area contributed by atoms with Crippen LogP contribution in [0.25, 0.3) is 10.8 Å². The monoisotopic (exact) mass is 357 g/mol. The zero-order chi connectivity index (χ0) is 17.8. The summed E-state index contributed by atoms with van der Waals surface area (Å²) in [6.07, 6.45) is 0. The van der Waals surface area contributed by atoms with E-state index in [0.717, 1.165) is 15.6 Å². The Balaban J connectivity index is 1.57. The molecule has 0 atom stereocenters. The summed E-state index contributed by atoms with van der Waals surface area (Å²) in [6, 6.07) is 8.60. The highest BCUT2D eigenvalue weighted by Crippen LogP contribution is 2.29. The molecular formula is C16H15N5O3S. The van der Waals surface area contributed by atoms with E-state index in [-0.39, 0.29) is 18.5 Å². The third-order valence-corrected chi connectivity index (χ3v) is 4.28. The molecule has 2 amide bonds. The molecule has 0 bridgehead atoms. The second-order valence-electron chi connectivity index (χ2n) is 5.16. The van der Waals surface area contributed by atoms with Crippen molar-refractivity contribution < 1.29 is 14.0 Å². The Labute approximate surface area is 147 Å². The van der Waals surface area contributed by atoms with Crippen molar-refractivity contribution in [2.24, 2.45) is 0 Å². The van der Waals surface area contributed by atoms with Gasteiger partial charge in [0.25, 0.3) is 11.8 Å². The number of aromatic nitrogens is 3.